The SMILES string of the molecule is CC1CCCN(c2cc(Sc3ncccn3)nc(NC(=S)NCC3(c4ccccc4)CCCCC3)n2)C1. The fourth-order valence-corrected chi connectivity index (χ4v) is 6.37. The van der Waals surface area contributed by atoms with E-state index >= 15 is 0 Å². The third kappa shape index (κ3) is 6.76. The maximum absolute atomic E-state index is 5.75. The van der Waals surface area contributed by atoms with Crippen LogP contribution in [0, 0.1) is 5.92 Å². The van der Waals surface area contributed by atoms with Gasteiger partial charge in [-0.3, -0.25) is 0 Å². The van der Waals surface area contributed by atoms with Crippen molar-refractivity contribution in [1.82, 2.24) is 25.3 Å². The Balaban J connectivity index is 1.33. The summed E-state index contributed by atoms with van der Waals surface area (Å²) >= 11 is 7.19. The molecule has 0 bridgehead atoms. The van der Waals surface area contributed by atoms with Gasteiger partial charge in [-0.15, -0.1) is 0 Å². The second-order valence-electron chi connectivity index (χ2n) is 10.2. The molecular weight excluding hydrogens is 498 g/mol. The first-order valence-electron chi connectivity index (χ1n) is 13.3. The smallest absolute Gasteiger partial charge is 0.232 e. The summed E-state index contributed by atoms with van der Waals surface area (Å²) in [5, 5.41) is 8.81. The fourth-order valence-electron chi connectivity index (χ4n) is 5.50. The van der Waals surface area contributed by atoms with E-state index in [0.29, 0.717) is 22.1 Å². The van der Waals surface area contributed by atoms with Crippen LogP contribution in [0.2, 0.25) is 0 Å². The Bertz CT molecular complexity index is 1170. The van der Waals surface area contributed by atoms with Crippen LogP contribution in [0.1, 0.15) is 57.4 Å². The zero-order valence-corrected chi connectivity index (χ0v) is 23.0. The Kier molecular flexibility index (Phi) is 8.51. The Hall–Kier alpha value is -2.78. The number of nitrogens with one attached hydrogen (secondary N) is 2. The van der Waals surface area contributed by atoms with Crippen molar-refractivity contribution in [3.63, 3.8) is 0 Å². The van der Waals surface area contributed by atoms with Crippen molar-refractivity contribution in [2.75, 3.05) is 29.9 Å². The second kappa shape index (κ2) is 12.2. The van der Waals surface area contributed by atoms with E-state index in [1.807, 2.05) is 12.1 Å². The topological polar surface area (TPSA) is 78.9 Å². The average molecular weight is 534 g/mol. The molecule has 9 heteroatoms. The molecule has 1 saturated heterocycles. The normalized spacial score (nSPS) is 19.3. The van der Waals surface area contributed by atoms with Crippen LogP contribution >= 0.6 is 24.0 Å². The van der Waals surface area contributed by atoms with Gasteiger partial charge in [0.1, 0.15) is 10.8 Å². The lowest BCUT2D eigenvalue weighted by atomic mass is 9.69. The van der Waals surface area contributed by atoms with Gasteiger partial charge in [-0.2, -0.15) is 4.98 Å². The van der Waals surface area contributed by atoms with Gasteiger partial charge in [0.2, 0.25) is 5.95 Å². The van der Waals surface area contributed by atoms with Crippen molar-refractivity contribution >= 4 is 40.9 Å². The van der Waals surface area contributed by atoms with E-state index in [1.165, 1.54) is 62.3 Å². The molecule has 1 unspecified atom stereocenters. The molecule has 3 heterocycles. The van der Waals surface area contributed by atoms with E-state index in [0.717, 1.165) is 30.5 Å². The van der Waals surface area contributed by atoms with E-state index in [9.17, 15) is 0 Å². The molecule has 2 aromatic heterocycles. The van der Waals surface area contributed by atoms with Gasteiger partial charge in [0.05, 0.1) is 0 Å². The molecule has 1 aromatic carbocycles. The number of nitrogens with zero attached hydrogens (tertiary/aromatic N) is 5. The van der Waals surface area contributed by atoms with Crippen LogP contribution in [0.15, 0.2) is 65.0 Å². The minimum absolute atomic E-state index is 0.101. The summed E-state index contributed by atoms with van der Waals surface area (Å²) in [5.41, 5.74) is 1.49. The van der Waals surface area contributed by atoms with Gasteiger partial charge in [-0.05, 0) is 67.2 Å². The summed E-state index contributed by atoms with van der Waals surface area (Å²) in [6.07, 6.45) is 12.1. The molecule has 3 aromatic rings. The molecule has 0 radical (unpaired) electrons. The maximum Gasteiger partial charge on any atom is 0.232 e. The third-order valence-corrected chi connectivity index (χ3v) is 8.48. The van der Waals surface area contributed by atoms with Crippen LogP contribution in [0.4, 0.5) is 11.8 Å². The lowest BCUT2D eigenvalue weighted by Crippen LogP contribution is -2.43. The first-order valence-corrected chi connectivity index (χ1v) is 14.5. The number of thiocarbonyl (C=S) groups is 1. The molecule has 1 atom stereocenters. The molecule has 194 valence electrons. The number of anilines is 2. The van der Waals surface area contributed by atoms with Crippen molar-refractivity contribution < 1.29 is 0 Å². The van der Waals surface area contributed by atoms with E-state index in [-0.39, 0.29) is 5.41 Å². The predicted octanol–water partition coefficient (Wildman–Crippen LogP) is 5.84. The number of hydrogen-bond acceptors (Lipinski definition) is 7. The highest BCUT2D eigenvalue weighted by Crippen LogP contribution is 2.39. The van der Waals surface area contributed by atoms with Crippen molar-refractivity contribution in [1.29, 1.82) is 0 Å². The highest BCUT2D eigenvalue weighted by atomic mass is 32.2. The quantitative estimate of drug-likeness (QED) is 0.221. The number of piperidine rings is 1. The summed E-state index contributed by atoms with van der Waals surface area (Å²) in [7, 11) is 0. The van der Waals surface area contributed by atoms with E-state index in [4.69, 9.17) is 22.2 Å². The van der Waals surface area contributed by atoms with Gasteiger partial charge in [0.15, 0.2) is 10.3 Å². The minimum atomic E-state index is 0.101. The second-order valence-corrected chi connectivity index (χ2v) is 11.6. The predicted molar refractivity (Wildman–Crippen MR) is 154 cm³/mol. The zero-order chi connectivity index (χ0) is 25.5. The molecule has 7 nitrogen and oxygen atoms in total. The highest BCUT2D eigenvalue weighted by molar-refractivity contribution is 7.99. The maximum atomic E-state index is 5.75. The summed E-state index contributed by atoms with van der Waals surface area (Å²) < 4.78 is 0. The first-order chi connectivity index (χ1) is 18.1. The van der Waals surface area contributed by atoms with E-state index in [1.54, 1.807) is 12.4 Å². The molecule has 5 rings (SSSR count). The molecule has 1 saturated carbocycles. The molecular formula is C28H35N7S2. The summed E-state index contributed by atoms with van der Waals surface area (Å²) in [6, 6.07) is 14.7. The molecule has 37 heavy (non-hydrogen) atoms. The Labute approximate surface area is 229 Å². The van der Waals surface area contributed by atoms with Gasteiger partial charge >= 0.3 is 0 Å². The van der Waals surface area contributed by atoms with Crippen molar-refractivity contribution in [2.45, 2.75) is 67.5 Å². The molecule has 2 aliphatic rings. The van der Waals surface area contributed by atoms with Gasteiger partial charge in [0.25, 0.3) is 0 Å². The van der Waals surface area contributed by atoms with Gasteiger partial charge in [-0.1, -0.05) is 56.5 Å². The van der Waals surface area contributed by atoms with Crippen LogP contribution < -0.4 is 15.5 Å². The third-order valence-electron chi connectivity index (χ3n) is 7.42. The monoisotopic (exact) mass is 533 g/mol. The minimum Gasteiger partial charge on any atom is -0.361 e. The van der Waals surface area contributed by atoms with Gasteiger partial charge in [0, 0.05) is 43.5 Å². The zero-order valence-electron chi connectivity index (χ0n) is 21.4. The molecule has 1 aliphatic carbocycles. The number of benzene rings is 1. The number of hydrogen-bond donors (Lipinski definition) is 2. The highest BCUT2D eigenvalue weighted by Gasteiger charge is 2.33. The van der Waals surface area contributed by atoms with Crippen molar-refractivity contribution in [3.05, 3.63) is 60.4 Å². The molecule has 2 N–H and O–H groups in total. The van der Waals surface area contributed by atoms with Gasteiger partial charge < -0.3 is 15.5 Å². The fraction of sp³-hybridized carbons (Fsp3) is 0.464. The van der Waals surface area contributed by atoms with Crippen molar-refractivity contribution in [2.24, 2.45) is 5.92 Å². The lowest BCUT2D eigenvalue weighted by molar-refractivity contribution is 0.292. The lowest BCUT2D eigenvalue weighted by Gasteiger charge is -2.38. The van der Waals surface area contributed by atoms with E-state index < -0.39 is 0 Å². The molecule has 2 fully saturated rings. The number of aromatic nitrogens is 4. The summed E-state index contributed by atoms with van der Waals surface area (Å²) in [4.78, 5) is 20.7. The molecule has 0 amide bonds. The van der Waals surface area contributed by atoms with Crippen LogP contribution in [0.25, 0.3) is 0 Å². The van der Waals surface area contributed by atoms with Gasteiger partial charge in [-0.25, -0.2) is 15.0 Å². The van der Waals surface area contributed by atoms with Crippen LogP contribution in [-0.4, -0.2) is 44.7 Å². The molecule has 1 aliphatic heterocycles. The van der Waals surface area contributed by atoms with Crippen molar-refractivity contribution in [3.8, 4) is 0 Å². The Morgan fingerprint density at radius 1 is 1.05 bits per heavy atom. The van der Waals surface area contributed by atoms with E-state index in [2.05, 4.69) is 62.8 Å². The summed E-state index contributed by atoms with van der Waals surface area (Å²) in [5.74, 6) is 2.06. The van der Waals surface area contributed by atoms with Crippen LogP contribution in [-0.2, 0) is 5.41 Å². The largest absolute Gasteiger partial charge is 0.361 e. The average Bonchev–Trinajstić information content (AvgIpc) is 2.93. The summed E-state index contributed by atoms with van der Waals surface area (Å²) in [6.45, 7) is 5.08. The first kappa shape index (κ1) is 25.9. The Morgan fingerprint density at radius 3 is 2.59 bits per heavy atom. The molecule has 0 spiro atoms. The van der Waals surface area contributed by atoms with Crippen LogP contribution in [0.5, 0.6) is 0 Å². The van der Waals surface area contributed by atoms with Crippen LogP contribution in [0.3, 0.4) is 0 Å². The number of rotatable bonds is 7. The Morgan fingerprint density at radius 2 is 1.84 bits per heavy atom. The standard InChI is InChI=1S/C28H35N7S2/c1-21-10-8-17-35(19-21)23-18-24(37-27-29-15-9-16-30-27)33-25(32-23)34-26(36)31-20-28(13-6-3-7-14-28)22-11-4-2-5-12-22/h2,4-5,9,11-12,15-16,18,21H,3,6-8,10,13-14,17,19-20H2,1H3,(H2,31,32,33,34,36).